The Labute approximate surface area is 122 Å². The maximum atomic E-state index is 13.8. The molecule has 4 nitrogen and oxygen atoms in total. The molecule has 1 saturated heterocycles. The lowest BCUT2D eigenvalue weighted by molar-refractivity contribution is 0.247. The van der Waals surface area contributed by atoms with Crippen LogP contribution >= 0.6 is 0 Å². The average molecular weight is 322 g/mol. The summed E-state index contributed by atoms with van der Waals surface area (Å²) in [6.07, 6.45) is 2.10. The third-order valence-corrected chi connectivity index (χ3v) is 5.55. The van der Waals surface area contributed by atoms with Gasteiger partial charge in [0.15, 0.2) is 4.90 Å². The molecule has 1 N–H and O–H groups in total. The van der Waals surface area contributed by atoms with Crippen molar-refractivity contribution in [2.75, 3.05) is 20.1 Å². The number of likely N-dealkylation sites (N-methyl/N-ethyl adjacent to an activating group) is 1. The van der Waals surface area contributed by atoms with Crippen molar-refractivity contribution in [2.24, 2.45) is 0 Å². The van der Waals surface area contributed by atoms with Crippen LogP contribution in [0.3, 0.4) is 0 Å². The third kappa shape index (κ3) is 3.22. The van der Waals surface area contributed by atoms with Gasteiger partial charge in [-0.15, -0.1) is 0 Å². The first kappa shape index (κ1) is 16.3. The number of halogens is 3. The number of hydrogen-bond acceptors (Lipinski definition) is 3. The van der Waals surface area contributed by atoms with Gasteiger partial charge in [-0.25, -0.2) is 21.6 Å². The summed E-state index contributed by atoms with van der Waals surface area (Å²) in [6.45, 7) is 0.592. The molecule has 1 fully saturated rings. The van der Waals surface area contributed by atoms with Crippen molar-refractivity contribution in [3.05, 3.63) is 29.6 Å². The summed E-state index contributed by atoms with van der Waals surface area (Å²) in [5, 5.41) is 2.88. The Balaban J connectivity index is 2.45. The van der Waals surface area contributed by atoms with Gasteiger partial charge >= 0.3 is 0 Å². The van der Waals surface area contributed by atoms with Crippen molar-refractivity contribution < 1.29 is 21.6 Å². The Morgan fingerprint density at radius 2 is 1.86 bits per heavy atom. The Morgan fingerprint density at radius 1 is 1.24 bits per heavy atom. The van der Waals surface area contributed by atoms with E-state index < -0.39 is 32.4 Å². The van der Waals surface area contributed by atoms with Gasteiger partial charge in [0.2, 0.25) is 10.0 Å². The molecule has 0 bridgehead atoms. The van der Waals surface area contributed by atoms with Crippen LogP contribution in [0.4, 0.5) is 13.2 Å². The maximum Gasteiger partial charge on any atom is 0.249 e. The summed E-state index contributed by atoms with van der Waals surface area (Å²) in [7, 11) is -2.66. The smallest absolute Gasteiger partial charge is 0.249 e. The van der Waals surface area contributed by atoms with Crippen LogP contribution < -0.4 is 5.32 Å². The monoisotopic (exact) mass is 322 g/mol. The minimum absolute atomic E-state index is 0.199. The third-order valence-electron chi connectivity index (χ3n) is 3.54. The van der Waals surface area contributed by atoms with E-state index in [1.54, 1.807) is 7.05 Å². The first-order valence-corrected chi connectivity index (χ1v) is 8.13. The van der Waals surface area contributed by atoms with E-state index in [0.29, 0.717) is 31.5 Å². The van der Waals surface area contributed by atoms with Gasteiger partial charge in [-0.1, -0.05) is 6.42 Å². The van der Waals surface area contributed by atoms with Crippen molar-refractivity contribution in [3.8, 4) is 0 Å². The molecule has 1 heterocycles. The summed E-state index contributed by atoms with van der Waals surface area (Å²) in [5.74, 6) is -3.95. The Bertz CT molecular complexity index is 597. The highest BCUT2D eigenvalue weighted by Gasteiger charge is 2.37. The Kier molecular flexibility index (Phi) is 4.90. The van der Waals surface area contributed by atoms with Crippen molar-refractivity contribution in [1.29, 1.82) is 0 Å². The summed E-state index contributed by atoms with van der Waals surface area (Å²) < 4.78 is 66.6. The summed E-state index contributed by atoms with van der Waals surface area (Å²) >= 11 is 0. The van der Waals surface area contributed by atoms with Gasteiger partial charge in [0, 0.05) is 31.3 Å². The van der Waals surface area contributed by atoms with Crippen LogP contribution in [0.1, 0.15) is 19.3 Å². The van der Waals surface area contributed by atoms with E-state index >= 15 is 0 Å². The van der Waals surface area contributed by atoms with Crippen LogP contribution in [-0.4, -0.2) is 38.9 Å². The Hall–Kier alpha value is -1.12. The van der Waals surface area contributed by atoms with Crippen LogP contribution in [0.25, 0.3) is 0 Å². The van der Waals surface area contributed by atoms with Crippen LogP contribution in [-0.2, 0) is 10.0 Å². The van der Waals surface area contributed by atoms with E-state index in [9.17, 15) is 21.6 Å². The summed E-state index contributed by atoms with van der Waals surface area (Å²) in [4.78, 5) is -1.08. The van der Waals surface area contributed by atoms with E-state index in [1.807, 2.05) is 0 Å². The number of benzene rings is 1. The highest BCUT2D eigenvalue weighted by atomic mass is 32.2. The molecule has 0 amide bonds. The lowest BCUT2D eigenvalue weighted by Crippen LogP contribution is -2.48. The molecule has 1 aromatic carbocycles. The van der Waals surface area contributed by atoms with Gasteiger partial charge in [0.1, 0.15) is 17.5 Å². The number of sulfonamides is 1. The van der Waals surface area contributed by atoms with Crippen molar-refractivity contribution >= 4 is 10.0 Å². The second-order valence-corrected chi connectivity index (χ2v) is 6.85. The fraction of sp³-hybridized carbons (Fsp3) is 0.538. The van der Waals surface area contributed by atoms with Crippen LogP contribution in [0, 0.1) is 17.5 Å². The quantitative estimate of drug-likeness (QED) is 0.921. The normalized spacial score (nSPS) is 20.7. The van der Waals surface area contributed by atoms with Crippen LogP contribution in [0.15, 0.2) is 17.0 Å². The van der Waals surface area contributed by atoms with Gasteiger partial charge in [0.05, 0.1) is 0 Å². The van der Waals surface area contributed by atoms with E-state index in [-0.39, 0.29) is 12.6 Å². The SMILES string of the molecule is CNCC1CCCCN1S(=O)(=O)c1c(F)cc(F)cc1F. The minimum Gasteiger partial charge on any atom is -0.318 e. The number of rotatable bonds is 4. The predicted octanol–water partition coefficient (Wildman–Crippen LogP) is 1.87. The first-order chi connectivity index (χ1) is 9.87. The molecule has 1 aliphatic rings. The van der Waals surface area contributed by atoms with Gasteiger partial charge < -0.3 is 5.32 Å². The highest BCUT2D eigenvalue weighted by Crippen LogP contribution is 2.28. The van der Waals surface area contributed by atoms with Gasteiger partial charge in [0.25, 0.3) is 0 Å². The molecule has 1 aromatic rings. The number of nitrogens with zero attached hydrogens (tertiary/aromatic N) is 1. The molecule has 2 rings (SSSR count). The van der Waals surface area contributed by atoms with Crippen molar-refractivity contribution in [1.82, 2.24) is 9.62 Å². The molecule has 0 radical (unpaired) electrons. The highest BCUT2D eigenvalue weighted by molar-refractivity contribution is 7.89. The molecular weight excluding hydrogens is 305 g/mol. The second kappa shape index (κ2) is 6.33. The lowest BCUT2D eigenvalue weighted by Gasteiger charge is -2.34. The lowest BCUT2D eigenvalue weighted by atomic mass is 10.1. The summed E-state index contributed by atoms with van der Waals surface area (Å²) in [5.41, 5.74) is 0. The Morgan fingerprint density at radius 3 is 2.43 bits per heavy atom. The molecule has 0 aromatic heterocycles. The molecule has 1 atom stereocenters. The largest absolute Gasteiger partial charge is 0.318 e. The second-order valence-electron chi connectivity index (χ2n) is 5.02. The van der Waals surface area contributed by atoms with Gasteiger partial charge in [-0.05, 0) is 19.9 Å². The molecular formula is C13H17F3N2O2S. The zero-order chi connectivity index (χ0) is 15.6. The zero-order valence-electron chi connectivity index (χ0n) is 11.6. The molecule has 21 heavy (non-hydrogen) atoms. The standard InChI is InChI=1S/C13H17F3N2O2S/c1-17-8-10-4-2-3-5-18(10)21(19,20)13-11(15)6-9(14)7-12(13)16/h6-7,10,17H,2-5,8H2,1H3. The number of hydrogen-bond donors (Lipinski definition) is 1. The fourth-order valence-corrected chi connectivity index (χ4v) is 4.41. The number of piperidine rings is 1. The zero-order valence-corrected chi connectivity index (χ0v) is 12.4. The first-order valence-electron chi connectivity index (χ1n) is 6.69. The molecule has 0 saturated carbocycles. The molecule has 118 valence electrons. The molecule has 1 aliphatic heterocycles. The molecule has 8 heteroatoms. The molecule has 0 aliphatic carbocycles. The molecule has 1 unspecified atom stereocenters. The average Bonchev–Trinajstić information content (AvgIpc) is 2.37. The van der Waals surface area contributed by atoms with Crippen molar-refractivity contribution in [3.63, 3.8) is 0 Å². The van der Waals surface area contributed by atoms with Gasteiger partial charge in [-0.3, -0.25) is 0 Å². The fourth-order valence-electron chi connectivity index (χ4n) is 2.62. The molecule has 0 spiro atoms. The minimum atomic E-state index is -4.33. The van der Waals surface area contributed by atoms with E-state index in [1.165, 1.54) is 0 Å². The summed E-state index contributed by atoms with van der Waals surface area (Å²) in [6, 6.07) is 0.401. The predicted molar refractivity (Wildman–Crippen MR) is 71.8 cm³/mol. The van der Waals surface area contributed by atoms with Crippen LogP contribution in [0.2, 0.25) is 0 Å². The van der Waals surface area contributed by atoms with Gasteiger partial charge in [-0.2, -0.15) is 4.31 Å². The maximum absolute atomic E-state index is 13.8. The van der Waals surface area contributed by atoms with E-state index in [2.05, 4.69) is 5.32 Å². The number of nitrogens with one attached hydrogen (secondary N) is 1. The topological polar surface area (TPSA) is 49.4 Å². The van der Waals surface area contributed by atoms with Crippen molar-refractivity contribution in [2.45, 2.75) is 30.2 Å². The van der Waals surface area contributed by atoms with Crippen LogP contribution in [0.5, 0.6) is 0 Å². The van der Waals surface area contributed by atoms with E-state index in [4.69, 9.17) is 0 Å². The van der Waals surface area contributed by atoms with E-state index in [0.717, 1.165) is 10.7 Å².